The Morgan fingerprint density at radius 3 is 2.89 bits per heavy atom. The molecule has 0 radical (unpaired) electrons. The molecule has 2 aromatic rings. The highest BCUT2D eigenvalue weighted by molar-refractivity contribution is 7.99. The highest BCUT2D eigenvalue weighted by atomic mass is 32.2. The second-order valence-corrected chi connectivity index (χ2v) is 5.88. The van der Waals surface area contributed by atoms with Gasteiger partial charge in [-0.25, -0.2) is 4.39 Å². The highest BCUT2D eigenvalue weighted by Gasteiger charge is 2.21. The predicted octanol–water partition coefficient (Wildman–Crippen LogP) is 4.13. The summed E-state index contributed by atoms with van der Waals surface area (Å²) in [5.74, 6) is 0.662. The van der Waals surface area contributed by atoms with Gasteiger partial charge in [0.2, 0.25) is 0 Å². The number of furan rings is 1. The first kappa shape index (κ1) is 12.8. The summed E-state index contributed by atoms with van der Waals surface area (Å²) in [6, 6.07) is 7.77. The lowest BCUT2D eigenvalue weighted by atomic mass is 10.2. The standard InChI is InChI=1S/C15H16FNOS/c1-10-14(7-8-18-10)19-15-11(3-2-4-13(15)16)9-17-12-5-6-12/h2-4,7-8,12,17H,5-6,9H2,1H3. The largest absolute Gasteiger partial charge is 0.468 e. The van der Waals surface area contributed by atoms with Gasteiger partial charge in [0.25, 0.3) is 0 Å². The lowest BCUT2D eigenvalue weighted by Crippen LogP contribution is -2.16. The third-order valence-corrected chi connectivity index (χ3v) is 4.54. The van der Waals surface area contributed by atoms with Crippen molar-refractivity contribution in [2.24, 2.45) is 0 Å². The molecule has 19 heavy (non-hydrogen) atoms. The fourth-order valence-electron chi connectivity index (χ4n) is 1.94. The van der Waals surface area contributed by atoms with E-state index in [-0.39, 0.29) is 5.82 Å². The van der Waals surface area contributed by atoms with Crippen molar-refractivity contribution in [3.63, 3.8) is 0 Å². The summed E-state index contributed by atoms with van der Waals surface area (Å²) in [6.07, 6.45) is 4.11. The molecular formula is C15H16FNOS. The molecule has 1 aliphatic carbocycles. The smallest absolute Gasteiger partial charge is 0.137 e. The van der Waals surface area contributed by atoms with Crippen LogP contribution in [0.5, 0.6) is 0 Å². The first-order valence-corrected chi connectivity index (χ1v) is 7.28. The summed E-state index contributed by atoms with van der Waals surface area (Å²) in [6.45, 7) is 2.62. The van der Waals surface area contributed by atoms with E-state index in [2.05, 4.69) is 5.32 Å². The monoisotopic (exact) mass is 277 g/mol. The Kier molecular flexibility index (Phi) is 3.62. The van der Waals surface area contributed by atoms with E-state index in [9.17, 15) is 4.39 Å². The van der Waals surface area contributed by atoms with Gasteiger partial charge in [-0.15, -0.1) is 0 Å². The summed E-state index contributed by atoms with van der Waals surface area (Å²) in [4.78, 5) is 1.66. The average Bonchev–Trinajstić information content (AvgIpc) is 3.14. The van der Waals surface area contributed by atoms with Crippen LogP contribution < -0.4 is 5.32 Å². The number of nitrogens with one attached hydrogen (secondary N) is 1. The zero-order valence-corrected chi connectivity index (χ0v) is 11.6. The van der Waals surface area contributed by atoms with E-state index in [0.717, 1.165) is 22.8 Å². The molecule has 3 rings (SSSR count). The molecule has 0 unspecified atom stereocenters. The normalized spacial score (nSPS) is 14.8. The van der Waals surface area contributed by atoms with E-state index in [0.29, 0.717) is 10.9 Å². The van der Waals surface area contributed by atoms with Gasteiger partial charge in [0.15, 0.2) is 0 Å². The molecule has 4 heteroatoms. The quantitative estimate of drug-likeness (QED) is 0.889. The average molecular weight is 277 g/mol. The molecule has 1 heterocycles. The summed E-state index contributed by atoms with van der Waals surface area (Å²) in [7, 11) is 0. The Bertz CT molecular complexity index is 577. The summed E-state index contributed by atoms with van der Waals surface area (Å²) in [5, 5.41) is 3.43. The molecule has 0 amide bonds. The number of hydrogen-bond donors (Lipinski definition) is 1. The minimum absolute atomic E-state index is 0.166. The molecule has 0 bridgehead atoms. The Morgan fingerprint density at radius 1 is 1.37 bits per heavy atom. The molecule has 0 spiro atoms. The molecule has 1 aromatic carbocycles. The Hall–Kier alpha value is -1.26. The SMILES string of the molecule is Cc1occc1Sc1c(F)cccc1CNC1CC1. The maximum Gasteiger partial charge on any atom is 0.137 e. The maximum absolute atomic E-state index is 14.0. The van der Waals surface area contributed by atoms with Crippen molar-refractivity contribution in [2.45, 2.75) is 42.1 Å². The fourth-order valence-corrected chi connectivity index (χ4v) is 2.91. The molecule has 1 aromatic heterocycles. The number of hydrogen-bond acceptors (Lipinski definition) is 3. The van der Waals surface area contributed by atoms with Crippen LogP contribution in [0, 0.1) is 12.7 Å². The van der Waals surface area contributed by atoms with Crippen LogP contribution in [-0.2, 0) is 6.54 Å². The van der Waals surface area contributed by atoms with Gasteiger partial charge >= 0.3 is 0 Å². The summed E-state index contributed by atoms with van der Waals surface area (Å²) in [5.41, 5.74) is 1.01. The fraction of sp³-hybridized carbons (Fsp3) is 0.333. The second kappa shape index (κ2) is 5.39. The Balaban J connectivity index is 1.83. The highest BCUT2D eigenvalue weighted by Crippen LogP contribution is 2.35. The molecule has 1 N–H and O–H groups in total. The van der Waals surface area contributed by atoms with Gasteiger partial charge in [0.1, 0.15) is 11.6 Å². The van der Waals surface area contributed by atoms with E-state index in [1.165, 1.54) is 30.7 Å². The molecule has 100 valence electrons. The second-order valence-electron chi connectivity index (χ2n) is 4.83. The van der Waals surface area contributed by atoms with Crippen molar-refractivity contribution >= 4 is 11.8 Å². The lowest BCUT2D eigenvalue weighted by Gasteiger charge is -2.10. The van der Waals surface area contributed by atoms with Crippen molar-refractivity contribution in [1.29, 1.82) is 0 Å². The topological polar surface area (TPSA) is 25.2 Å². The van der Waals surface area contributed by atoms with Gasteiger partial charge in [-0.05, 0) is 37.5 Å². The van der Waals surface area contributed by atoms with Gasteiger partial charge in [0.05, 0.1) is 16.1 Å². The predicted molar refractivity (Wildman–Crippen MR) is 73.8 cm³/mol. The van der Waals surface area contributed by atoms with Crippen molar-refractivity contribution < 1.29 is 8.81 Å². The van der Waals surface area contributed by atoms with Crippen molar-refractivity contribution in [3.8, 4) is 0 Å². The van der Waals surface area contributed by atoms with Crippen LogP contribution in [0.3, 0.4) is 0 Å². The van der Waals surface area contributed by atoms with Crippen LogP contribution in [0.15, 0.2) is 44.7 Å². The Morgan fingerprint density at radius 2 is 2.21 bits per heavy atom. The van der Waals surface area contributed by atoms with Gasteiger partial charge in [-0.2, -0.15) is 0 Å². The Labute approximate surface area is 116 Å². The maximum atomic E-state index is 14.0. The third-order valence-electron chi connectivity index (χ3n) is 3.23. The molecule has 1 saturated carbocycles. The van der Waals surface area contributed by atoms with Gasteiger partial charge in [-0.3, -0.25) is 0 Å². The van der Waals surface area contributed by atoms with Gasteiger partial charge in [-0.1, -0.05) is 23.9 Å². The van der Waals surface area contributed by atoms with Crippen LogP contribution in [0.2, 0.25) is 0 Å². The molecule has 0 atom stereocenters. The van der Waals surface area contributed by atoms with Crippen LogP contribution in [-0.4, -0.2) is 6.04 Å². The van der Waals surface area contributed by atoms with E-state index in [1.807, 2.05) is 19.1 Å². The molecular weight excluding hydrogens is 261 g/mol. The lowest BCUT2D eigenvalue weighted by molar-refractivity contribution is 0.526. The third kappa shape index (κ3) is 3.01. The zero-order chi connectivity index (χ0) is 13.2. The number of benzene rings is 1. The minimum Gasteiger partial charge on any atom is -0.468 e. The number of halogens is 1. The van der Waals surface area contributed by atoms with Gasteiger partial charge < -0.3 is 9.73 Å². The molecule has 1 fully saturated rings. The van der Waals surface area contributed by atoms with Crippen LogP contribution in [0.25, 0.3) is 0 Å². The summed E-state index contributed by atoms with van der Waals surface area (Å²) >= 11 is 1.44. The summed E-state index contributed by atoms with van der Waals surface area (Å²) < 4.78 is 19.3. The van der Waals surface area contributed by atoms with Crippen LogP contribution in [0.4, 0.5) is 4.39 Å². The van der Waals surface area contributed by atoms with Crippen molar-refractivity contribution in [1.82, 2.24) is 5.32 Å². The molecule has 0 aliphatic heterocycles. The van der Waals surface area contributed by atoms with E-state index < -0.39 is 0 Å². The van der Waals surface area contributed by atoms with E-state index in [4.69, 9.17) is 4.42 Å². The first-order valence-electron chi connectivity index (χ1n) is 6.47. The minimum atomic E-state index is -0.166. The number of rotatable bonds is 5. The molecule has 1 aliphatic rings. The molecule has 0 saturated heterocycles. The zero-order valence-electron chi connectivity index (χ0n) is 10.8. The van der Waals surface area contributed by atoms with Gasteiger partial charge in [0, 0.05) is 12.6 Å². The van der Waals surface area contributed by atoms with Crippen molar-refractivity contribution in [2.75, 3.05) is 0 Å². The first-order chi connectivity index (χ1) is 9.24. The van der Waals surface area contributed by atoms with E-state index >= 15 is 0 Å². The van der Waals surface area contributed by atoms with Crippen LogP contribution >= 0.6 is 11.8 Å². The number of aryl methyl sites for hydroxylation is 1. The van der Waals surface area contributed by atoms with Crippen molar-refractivity contribution in [3.05, 3.63) is 47.7 Å². The molecule has 2 nitrogen and oxygen atoms in total. The van der Waals surface area contributed by atoms with Crippen LogP contribution in [0.1, 0.15) is 24.2 Å². The van der Waals surface area contributed by atoms with E-state index in [1.54, 1.807) is 12.3 Å².